The number of halogens is 1. The quantitative estimate of drug-likeness (QED) is 0.362. The Bertz CT molecular complexity index is 1190. The first-order chi connectivity index (χ1) is 14.8. The Labute approximate surface area is 178 Å². The minimum Gasteiger partial charge on any atom is -0.319 e. The van der Waals surface area contributed by atoms with Crippen molar-refractivity contribution in [2.24, 2.45) is 0 Å². The highest BCUT2D eigenvalue weighted by molar-refractivity contribution is 6.32. The number of benzene rings is 1. The van der Waals surface area contributed by atoms with Crippen LogP contribution in [0.3, 0.4) is 0 Å². The van der Waals surface area contributed by atoms with Crippen LogP contribution in [0.15, 0.2) is 42.9 Å². The van der Waals surface area contributed by atoms with Crippen LogP contribution >= 0.6 is 11.6 Å². The Morgan fingerprint density at radius 3 is 2.45 bits per heavy atom. The van der Waals surface area contributed by atoms with Gasteiger partial charge in [0.15, 0.2) is 0 Å². The fourth-order valence-corrected chi connectivity index (χ4v) is 2.63. The van der Waals surface area contributed by atoms with Gasteiger partial charge in [-0.1, -0.05) is 11.6 Å². The summed E-state index contributed by atoms with van der Waals surface area (Å²) in [4.78, 5) is 45.1. The van der Waals surface area contributed by atoms with Crippen LogP contribution in [-0.2, 0) is 0 Å². The maximum absolute atomic E-state index is 12.3. The Balaban J connectivity index is 1.83. The third-order valence-corrected chi connectivity index (χ3v) is 4.19. The van der Waals surface area contributed by atoms with Crippen LogP contribution in [0.5, 0.6) is 0 Å². The van der Waals surface area contributed by atoms with Crippen molar-refractivity contribution in [1.29, 1.82) is 0 Å². The van der Waals surface area contributed by atoms with Gasteiger partial charge in [0.05, 0.1) is 9.85 Å². The van der Waals surface area contributed by atoms with Gasteiger partial charge < -0.3 is 5.32 Å². The van der Waals surface area contributed by atoms with E-state index in [-0.39, 0.29) is 22.2 Å². The van der Waals surface area contributed by atoms with Gasteiger partial charge in [0.1, 0.15) is 17.2 Å². The van der Waals surface area contributed by atoms with E-state index in [4.69, 9.17) is 11.6 Å². The van der Waals surface area contributed by atoms with Crippen molar-refractivity contribution in [3.8, 4) is 0 Å². The number of aryl methyl sites for hydroxylation is 1. The standard InChI is InChI=1S/C17H13ClN8O5/c1-9-4-5-19-13(6-9)22-15-14(26(30)31)16(21-8-20-15)23-24-17(27)10-2-3-11(18)12(7-10)25(28)29/h2-8H,1H3,(H,24,27)(H2,19,20,21,22,23). The summed E-state index contributed by atoms with van der Waals surface area (Å²) in [6.07, 6.45) is 2.57. The van der Waals surface area contributed by atoms with Gasteiger partial charge in [-0.3, -0.25) is 35.9 Å². The predicted molar refractivity (Wildman–Crippen MR) is 110 cm³/mol. The number of hydrogen-bond acceptors (Lipinski definition) is 10. The molecule has 1 amide bonds. The number of hydrogen-bond donors (Lipinski definition) is 3. The lowest BCUT2D eigenvalue weighted by Crippen LogP contribution is -2.30. The average Bonchev–Trinajstić information content (AvgIpc) is 2.72. The molecule has 1 aromatic carbocycles. The zero-order valence-electron chi connectivity index (χ0n) is 15.7. The van der Waals surface area contributed by atoms with E-state index < -0.39 is 27.1 Å². The third-order valence-electron chi connectivity index (χ3n) is 3.87. The second kappa shape index (κ2) is 8.96. The fourth-order valence-electron chi connectivity index (χ4n) is 2.44. The van der Waals surface area contributed by atoms with E-state index in [1.54, 1.807) is 12.1 Å². The van der Waals surface area contributed by atoms with Crippen molar-refractivity contribution < 1.29 is 14.6 Å². The smallest absolute Gasteiger partial charge is 0.319 e. The number of nitro groups is 2. The SMILES string of the molecule is Cc1ccnc(Nc2ncnc(NNC(=O)c3ccc(Cl)c([N+](=O)[O-])c3)c2[N+](=O)[O-])c1. The molecule has 0 aliphatic rings. The molecular weight excluding hydrogens is 432 g/mol. The second-order valence-corrected chi connectivity index (χ2v) is 6.43. The highest BCUT2D eigenvalue weighted by atomic mass is 35.5. The molecule has 3 aromatic rings. The summed E-state index contributed by atoms with van der Waals surface area (Å²) in [6.45, 7) is 1.82. The van der Waals surface area contributed by atoms with Crippen LogP contribution in [0.1, 0.15) is 15.9 Å². The number of nitro benzene ring substituents is 1. The van der Waals surface area contributed by atoms with Crippen LogP contribution in [0.2, 0.25) is 5.02 Å². The number of amides is 1. The number of anilines is 3. The van der Waals surface area contributed by atoms with E-state index in [0.29, 0.717) is 5.82 Å². The minimum absolute atomic E-state index is 0.0948. The van der Waals surface area contributed by atoms with Gasteiger partial charge in [0, 0.05) is 17.8 Å². The lowest BCUT2D eigenvalue weighted by molar-refractivity contribution is -0.384. The molecule has 3 N–H and O–H groups in total. The maximum atomic E-state index is 12.3. The van der Waals surface area contributed by atoms with Crippen molar-refractivity contribution in [2.45, 2.75) is 6.92 Å². The average molecular weight is 445 g/mol. The topological polar surface area (TPSA) is 178 Å². The number of carbonyl (C=O) groups excluding carboxylic acids is 1. The number of pyridine rings is 1. The molecule has 0 saturated heterocycles. The van der Waals surface area contributed by atoms with Crippen molar-refractivity contribution in [3.63, 3.8) is 0 Å². The first kappa shape index (κ1) is 21.3. The molecule has 0 atom stereocenters. The molecule has 2 heterocycles. The van der Waals surface area contributed by atoms with Gasteiger partial charge in [0.2, 0.25) is 11.6 Å². The van der Waals surface area contributed by atoms with E-state index in [0.717, 1.165) is 18.0 Å². The molecule has 0 spiro atoms. The first-order valence-electron chi connectivity index (χ1n) is 8.45. The van der Waals surface area contributed by atoms with Crippen LogP contribution in [0, 0.1) is 27.2 Å². The van der Waals surface area contributed by atoms with Gasteiger partial charge in [-0.15, -0.1) is 0 Å². The van der Waals surface area contributed by atoms with E-state index in [9.17, 15) is 25.0 Å². The normalized spacial score (nSPS) is 10.3. The van der Waals surface area contributed by atoms with Gasteiger partial charge in [0.25, 0.3) is 11.6 Å². The van der Waals surface area contributed by atoms with Crippen LogP contribution in [0.25, 0.3) is 0 Å². The maximum Gasteiger partial charge on any atom is 0.355 e. The molecule has 0 bridgehead atoms. The second-order valence-electron chi connectivity index (χ2n) is 6.02. The van der Waals surface area contributed by atoms with E-state index in [1.165, 1.54) is 18.3 Å². The number of hydrazine groups is 1. The van der Waals surface area contributed by atoms with Crippen molar-refractivity contribution in [1.82, 2.24) is 20.4 Å². The van der Waals surface area contributed by atoms with Crippen LogP contribution < -0.4 is 16.2 Å². The van der Waals surface area contributed by atoms with Crippen molar-refractivity contribution >= 4 is 46.3 Å². The predicted octanol–water partition coefficient (Wildman–Crippen LogP) is 3.15. The number of carbonyl (C=O) groups is 1. The molecule has 14 heteroatoms. The van der Waals surface area contributed by atoms with Gasteiger partial charge in [-0.05, 0) is 36.8 Å². The summed E-state index contributed by atoms with van der Waals surface area (Å²) < 4.78 is 0. The van der Waals surface area contributed by atoms with Crippen molar-refractivity contribution in [3.05, 3.63) is 79.2 Å². The molecule has 2 aromatic heterocycles. The highest BCUT2D eigenvalue weighted by Gasteiger charge is 2.24. The molecule has 31 heavy (non-hydrogen) atoms. The largest absolute Gasteiger partial charge is 0.355 e. The molecule has 0 radical (unpaired) electrons. The molecule has 0 fully saturated rings. The third kappa shape index (κ3) is 4.97. The zero-order chi connectivity index (χ0) is 22.5. The number of nitrogens with one attached hydrogen (secondary N) is 3. The van der Waals surface area contributed by atoms with E-state index in [1.807, 2.05) is 6.92 Å². The molecule has 0 saturated carbocycles. The Morgan fingerprint density at radius 2 is 1.77 bits per heavy atom. The van der Waals surface area contributed by atoms with Gasteiger partial charge >= 0.3 is 5.69 Å². The van der Waals surface area contributed by atoms with Crippen LogP contribution in [0.4, 0.5) is 28.8 Å². The minimum atomic E-state index is -0.803. The van der Waals surface area contributed by atoms with E-state index >= 15 is 0 Å². The Morgan fingerprint density at radius 1 is 1.03 bits per heavy atom. The molecule has 0 aliphatic carbocycles. The van der Waals surface area contributed by atoms with Gasteiger partial charge in [-0.2, -0.15) is 0 Å². The molecule has 3 rings (SSSR count). The summed E-state index contributed by atoms with van der Waals surface area (Å²) in [7, 11) is 0. The summed E-state index contributed by atoms with van der Waals surface area (Å²) in [5, 5.41) is 25.2. The number of rotatable bonds is 7. The molecule has 0 unspecified atom stereocenters. The first-order valence-corrected chi connectivity index (χ1v) is 8.83. The van der Waals surface area contributed by atoms with E-state index in [2.05, 4.69) is 31.1 Å². The number of aromatic nitrogens is 3. The lowest BCUT2D eigenvalue weighted by atomic mass is 10.2. The Hall–Kier alpha value is -4.39. The summed E-state index contributed by atoms with van der Waals surface area (Å²) in [5.74, 6) is -0.947. The lowest BCUT2D eigenvalue weighted by Gasteiger charge is -2.11. The zero-order valence-corrected chi connectivity index (χ0v) is 16.5. The fraction of sp³-hybridized carbons (Fsp3) is 0.0588. The summed E-state index contributed by atoms with van der Waals surface area (Å²) in [6, 6.07) is 6.84. The summed E-state index contributed by atoms with van der Waals surface area (Å²) in [5.41, 5.74) is 4.31. The molecule has 13 nitrogen and oxygen atoms in total. The van der Waals surface area contributed by atoms with Crippen LogP contribution in [-0.4, -0.2) is 30.7 Å². The highest BCUT2D eigenvalue weighted by Crippen LogP contribution is 2.30. The Kier molecular flexibility index (Phi) is 6.16. The molecule has 0 aliphatic heterocycles. The van der Waals surface area contributed by atoms with Crippen molar-refractivity contribution in [2.75, 3.05) is 10.7 Å². The summed E-state index contributed by atoms with van der Waals surface area (Å²) >= 11 is 5.73. The number of nitrogens with zero attached hydrogens (tertiary/aromatic N) is 5. The monoisotopic (exact) mass is 444 g/mol. The van der Waals surface area contributed by atoms with Gasteiger partial charge in [-0.25, -0.2) is 15.0 Å². The molecular formula is C17H13ClN8O5. The molecule has 158 valence electrons.